The number of allylic oxidation sites excluding steroid dienone is 4. The molecular formula is C30H44O5. The third-order valence-corrected chi connectivity index (χ3v) is 12.3. The lowest BCUT2D eigenvalue weighted by Crippen LogP contribution is -2.64. The van der Waals surface area contributed by atoms with Gasteiger partial charge in [0.15, 0.2) is 5.60 Å². The van der Waals surface area contributed by atoms with Crippen LogP contribution in [0, 0.1) is 27.6 Å². The van der Waals surface area contributed by atoms with Crippen LogP contribution in [0.2, 0.25) is 0 Å². The van der Waals surface area contributed by atoms with E-state index in [-0.39, 0.29) is 34.6 Å². The zero-order valence-electron chi connectivity index (χ0n) is 22.7. The monoisotopic (exact) mass is 484 g/mol. The van der Waals surface area contributed by atoms with Crippen LogP contribution in [0.1, 0.15) is 99.8 Å². The van der Waals surface area contributed by atoms with Crippen molar-refractivity contribution in [1.82, 2.24) is 0 Å². The number of rotatable bonds is 1. The van der Waals surface area contributed by atoms with Crippen molar-refractivity contribution >= 4 is 5.97 Å². The number of carbonyl (C=O) groups excluding carboxylic acids is 1. The van der Waals surface area contributed by atoms with E-state index in [1.165, 1.54) is 11.1 Å². The topological polar surface area (TPSA) is 76.0 Å². The van der Waals surface area contributed by atoms with Gasteiger partial charge < -0.3 is 19.7 Å². The average molecular weight is 485 g/mol. The van der Waals surface area contributed by atoms with Crippen molar-refractivity contribution in [3.8, 4) is 0 Å². The summed E-state index contributed by atoms with van der Waals surface area (Å²) in [6, 6.07) is 0. The molecule has 0 unspecified atom stereocenters. The van der Waals surface area contributed by atoms with Crippen LogP contribution >= 0.6 is 0 Å². The second kappa shape index (κ2) is 6.63. The van der Waals surface area contributed by atoms with Gasteiger partial charge in [-0.25, -0.2) is 0 Å². The van der Waals surface area contributed by atoms with Crippen molar-refractivity contribution in [3.05, 3.63) is 23.3 Å². The number of fused-ring (bicyclic) bond motifs is 4. The summed E-state index contributed by atoms with van der Waals surface area (Å²) >= 11 is 0. The maximum atomic E-state index is 14.0. The van der Waals surface area contributed by atoms with E-state index >= 15 is 0 Å². The molecule has 0 bridgehead atoms. The van der Waals surface area contributed by atoms with Gasteiger partial charge in [-0.3, -0.25) is 4.79 Å². The van der Waals surface area contributed by atoms with E-state index in [0.29, 0.717) is 18.8 Å². The number of ether oxygens (including phenoxy) is 2. The molecule has 2 aliphatic heterocycles. The molecule has 194 valence electrons. The Morgan fingerprint density at radius 2 is 1.63 bits per heavy atom. The molecule has 4 aliphatic carbocycles. The second-order valence-corrected chi connectivity index (χ2v) is 14.5. The van der Waals surface area contributed by atoms with E-state index in [9.17, 15) is 15.0 Å². The maximum absolute atomic E-state index is 14.0. The van der Waals surface area contributed by atoms with Crippen LogP contribution in [-0.4, -0.2) is 45.2 Å². The van der Waals surface area contributed by atoms with Gasteiger partial charge in [-0.2, -0.15) is 0 Å². The Morgan fingerprint density at radius 1 is 0.914 bits per heavy atom. The van der Waals surface area contributed by atoms with Crippen molar-refractivity contribution in [2.75, 3.05) is 0 Å². The van der Waals surface area contributed by atoms with E-state index in [0.717, 1.165) is 38.5 Å². The third-order valence-electron chi connectivity index (χ3n) is 12.3. The Kier molecular flexibility index (Phi) is 4.58. The predicted molar refractivity (Wildman–Crippen MR) is 133 cm³/mol. The van der Waals surface area contributed by atoms with Gasteiger partial charge >= 0.3 is 5.97 Å². The molecule has 0 aromatic carbocycles. The van der Waals surface area contributed by atoms with Crippen LogP contribution in [0.15, 0.2) is 23.3 Å². The van der Waals surface area contributed by atoms with Crippen LogP contribution in [-0.2, 0) is 14.3 Å². The highest BCUT2D eigenvalue weighted by molar-refractivity contribution is 5.87. The fraction of sp³-hybridized carbons (Fsp3) is 0.833. The summed E-state index contributed by atoms with van der Waals surface area (Å²) in [5.41, 5.74) is -1.69. The van der Waals surface area contributed by atoms with Crippen molar-refractivity contribution in [2.45, 2.75) is 129 Å². The minimum absolute atomic E-state index is 0.0391. The molecule has 4 fully saturated rings. The van der Waals surface area contributed by atoms with Crippen LogP contribution < -0.4 is 0 Å². The number of aliphatic hydroxyl groups is 2. The Labute approximate surface area is 210 Å². The van der Waals surface area contributed by atoms with Gasteiger partial charge in [-0.1, -0.05) is 39.8 Å². The normalized spacial score (nSPS) is 53.6. The van der Waals surface area contributed by atoms with Gasteiger partial charge in [-0.15, -0.1) is 0 Å². The van der Waals surface area contributed by atoms with Crippen LogP contribution in [0.4, 0.5) is 0 Å². The first kappa shape index (κ1) is 24.2. The molecule has 5 heteroatoms. The Hall–Kier alpha value is -1.17. The van der Waals surface area contributed by atoms with Crippen molar-refractivity contribution in [1.29, 1.82) is 0 Å². The molecule has 35 heavy (non-hydrogen) atoms. The quantitative estimate of drug-likeness (QED) is 0.498. The number of hydrogen-bond donors (Lipinski definition) is 2. The number of hydrogen-bond acceptors (Lipinski definition) is 5. The highest BCUT2D eigenvalue weighted by Crippen LogP contribution is 2.76. The molecule has 6 aliphatic rings. The smallest absolute Gasteiger partial charge is 0.317 e. The molecule has 0 radical (unpaired) electrons. The maximum Gasteiger partial charge on any atom is 0.317 e. The van der Waals surface area contributed by atoms with E-state index < -0.39 is 22.0 Å². The highest BCUT2D eigenvalue weighted by atomic mass is 16.6. The highest BCUT2D eigenvalue weighted by Gasteiger charge is 2.84. The minimum atomic E-state index is -1.28. The fourth-order valence-electron chi connectivity index (χ4n) is 9.98. The SMILES string of the molecule is CC1(C)CC[C@H]([C@@]2(C)OC(=O)[C@]34CC=C5C(=CC[C@H]6C(C)(C)[C@@H](O)CC[C@]56C)[C@]3(C)CC[C@@]42O)O1. The number of aliphatic hydroxyl groups excluding tert-OH is 1. The van der Waals surface area contributed by atoms with Crippen LogP contribution in [0.3, 0.4) is 0 Å². The van der Waals surface area contributed by atoms with E-state index in [1.54, 1.807) is 0 Å². The molecular weight excluding hydrogens is 440 g/mol. The molecule has 6 rings (SSSR count). The van der Waals surface area contributed by atoms with Gasteiger partial charge in [0.1, 0.15) is 17.1 Å². The minimum Gasteiger partial charge on any atom is -0.453 e. The summed E-state index contributed by atoms with van der Waals surface area (Å²) in [6.07, 6.45) is 10.1. The molecule has 0 amide bonds. The lowest BCUT2D eigenvalue weighted by atomic mass is 9.43. The van der Waals surface area contributed by atoms with E-state index in [2.05, 4.69) is 53.7 Å². The molecule has 8 atom stereocenters. The average Bonchev–Trinajstić information content (AvgIpc) is 3.32. The van der Waals surface area contributed by atoms with Gasteiger partial charge in [0.2, 0.25) is 0 Å². The summed E-state index contributed by atoms with van der Waals surface area (Å²) in [6.45, 7) is 15.1. The van der Waals surface area contributed by atoms with Crippen LogP contribution in [0.25, 0.3) is 0 Å². The van der Waals surface area contributed by atoms with Gasteiger partial charge in [0.05, 0.1) is 11.7 Å². The molecule has 0 aromatic rings. The molecule has 2 saturated carbocycles. The molecule has 1 spiro atoms. The van der Waals surface area contributed by atoms with Crippen molar-refractivity contribution in [3.63, 3.8) is 0 Å². The van der Waals surface area contributed by atoms with Crippen molar-refractivity contribution in [2.24, 2.45) is 27.6 Å². The van der Waals surface area contributed by atoms with Gasteiger partial charge in [0, 0.05) is 5.41 Å². The van der Waals surface area contributed by atoms with Gasteiger partial charge in [-0.05, 0) is 100 Å². The largest absolute Gasteiger partial charge is 0.453 e. The lowest BCUT2D eigenvalue weighted by Gasteiger charge is -2.60. The number of carbonyl (C=O) groups is 1. The Morgan fingerprint density at radius 3 is 2.29 bits per heavy atom. The third kappa shape index (κ3) is 2.50. The molecule has 2 heterocycles. The summed E-state index contributed by atoms with van der Waals surface area (Å²) < 4.78 is 12.7. The molecule has 5 nitrogen and oxygen atoms in total. The van der Waals surface area contributed by atoms with E-state index in [1.807, 2.05) is 6.92 Å². The number of cyclic esters (lactones) is 1. The van der Waals surface area contributed by atoms with E-state index in [4.69, 9.17) is 9.47 Å². The van der Waals surface area contributed by atoms with Crippen LogP contribution in [0.5, 0.6) is 0 Å². The lowest BCUT2D eigenvalue weighted by molar-refractivity contribution is -0.201. The zero-order valence-corrected chi connectivity index (χ0v) is 22.7. The Balaban J connectivity index is 1.46. The first-order valence-corrected chi connectivity index (χ1v) is 13.8. The van der Waals surface area contributed by atoms with Gasteiger partial charge in [0.25, 0.3) is 0 Å². The predicted octanol–water partition coefficient (Wildman–Crippen LogP) is 5.24. The summed E-state index contributed by atoms with van der Waals surface area (Å²) in [7, 11) is 0. The van der Waals surface area contributed by atoms with Crippen molar-refractivity contribution < 1.29 is 24.5 Å². The fourth-order valence-corrected chi connectivity index (χ4v) is 9.98. The summed E-state index contributed by atoms with van der Waals surface area (Å²) in [5.74, 6) is 0.0975. The molecule has 0 aromatic heterocycles. The molecule has 2 N–H and O–H groups in total. The summed E-state index contributed by atoms with van der Waals surface area (Å²) in [5, 5.41) is 23.4. The molecule has 2 saturated heterocycles. The summed E-state index contributed by atoms with van der Waals surface area (Å²) in [4.78, 5) is 14.0. The zero-order chi connectivity index (χ0) is 25.4. The number of esters is 1. The standard InChI is InChI=1S/C30H44O5/c1-24(2)13-12-22(34-24)28(7)30(33)17-16-27(6)19-8-9-20-25(3,4)21(31)11-14-26(20,5)18(19)10-15-29(27,30)23(32)35-28/h8,10,20-22,31,33H,9,11-17H2,1-7H3/t20-,21-,22+,26+,27-,28+,29+,30-/m0/s1. The first-order chi connectivity index (χ1) is 16.1. The first-order valence-electron chi connectivity index (χ1n) is 13.8. The second-order valence-electron chi connectivity index (χ2n) is 14.5. The Bertz CT molecular complexity index is 1050.